The molecule has 3 aromatic carbocycles. The van der Waals surface area contributed by atoms with Gasteiger partial charge in [0.2, 0.25) is 0 Å². The molecule has 2 amide bonds. The number of aryl methyl sites for hydroxylation is 1. The number of carbonyl (C=O) groups is 3. The van der Waals surface area contributed by atoms with Crippen molar-refractivity contribution in [2.24, 2.45) is 5.10 Å². The van der Waals surface area contributed by atoms with E-state index in [0.717, 1.165) is 5.56 Å². The molecule has 0 aromatic heterocycles. The zero-order chi connectivity index (χ0) is 24.7. The number of nitrogens with zero attached hydrogens (tertiary/aromatic N) is 1. The van der Waals surface area contributed by atoms with Gasteiger partial charge in [-0.05, 0) is 61.0 Å². The number of esters is 1. The normalized spacial score (nSPS) is 10.6. The topological polar surface area (TPSA) is 106 Å². The fourth-order valence-corrected chi connectivity index (χ4v) is 3.06. The summed E-state index contributed by atoms with van der Waals surface area (Å²) >= 11 is 11.7. The van der Waals surface area contributed by atoms with E-state index in [2.05, 4.69) is 15.8 Å². The monoisotopic (exact) mass is 499 g/mol. The van der Waals surface area contributed by atoms with Gasteiger partial charge >= 0.3 is 17.8 Å². The molecule has 34 heavy (non-hydrogen) atoms. The first-order chi connectivity index (χ1) is 16.3. The van der Waals surface area contributed by atoms with Crippen LogP contribution in [-0.2, 0) is 9.59 Å². The number of anilines is 1. The number of carbonyl (C=O) groups excluding carboxylic acids is 3. The van der Waals surface area contributed by atoms with E-state index in [1.54, 1.807) is 30.3 Å². The number of hydrogen-bond acceptors (Lipinski definition) is 6. The first-order valence-electron chi connectivity index (χ1n) is 9.83. The minimum atomic E-state index is -0.988. The van der Waals surface area contributed by atoms with E-state index in [0.29, 0.717) is 21.8 Å². The van der Waals surface area contributed by atoms with Crippen LogP contribution < -0.4 is 20.2 Å². The predicted octanol–water partition coefficient (Wildman–Crippen LogP) is 4.62. The Hall–Kier alpha value is -3.88. The lowest BCUT2D eigenvalue weighted by atomic mass is 10.1. The Balaban J connectivity index is 1.61. The maximum atomic E-state index is 12.4. The van der Waals surface area contributed by atoms with Crippen molar-refractivity contribution in [1.82, 2.24) is 5.43 Å². The number of halogens is 2. The fraction of sp³-hybridized carbons (Fsp3) is 0.0833. The van der Waals surface area contributed by atoms with Crippen LogP contribution >= 0.6 is 23.2 Å². The van der Waals surface area contributed by atoms with Crippen molar-refractivity contribution < 1.29 is 23.9 Å². The van der Waals surface area contributed by atoms with Gasteiger partial charge in [0.1, 0.15) is 0 Å². The Labute approximate surface area is 205 Å². The van der Waals surface area contributed by atoms with Crippen LogP contribution in [0.15, 0.2) is 65.8 Å². The molecule has 0 bridgehead atoms. The van der Waals surface area contributed by atoms with Gasteiger partial charge in [0.25, 0.3) is 0 Å². The van der Waals surface area contributed by atoms with E-state index in [9.17, 15) is 14.4 Å². The highest BCUT2D eigenvalue weighted by Gasteiger charge is 2.15. The van der Waals surface area contributed by atoms with E-state index in [-0.39, 0.29) is 16.5 Å². The summed E-state index contributed by atoms with van der Waals surface area (Å²) in [6.07, 6.45) is 1.30. The number of nitrogens with one attached hydrogen (secondary N) is 2. The van der Waals surface area contributed by atoms with Crippen LogP contribution in [-0.4, -0.2) is 31.1 Å². The highest BCUT2D eigenvalue weighted by molar-refractivity contribution is 6.43. The second-order valence-corrected chi connectivity index (χ2v) is 7.77. The highest BCUT2D eigenvalue weighted by atomic mass is 35.5. The summed E-state index contributed by atoms with van der Waals surface area (Å²) in [5, 5.41) is 6.70. The Morgan fingerprint density at radius 3 is 2.41 bits per heavy atom. The minimum Gasteiger partial charge on any atom is -0.493 e. The molecule has 0 aliphatic carbocycles. The lowest BCUT2D eigenvalue weighted by Crippen LogP contribution is -2.32. The molecule has 0 heterocycles. The lowest BCUT2D eigenvalue weighted by molar-refractivity contribution is -0.136. The molecule has 0 atom stereocenters. The minimum absolute atomic E-state index is 0.219. The van der Waals surface area contributed by atoms with Crippen molar-refractivity contribution in [1.29, 1.82) is 0 Å². The summed E-state index contributed by atoms with van der Waals surface area (Å²) in [6, 6.07) is 16.1. The van der Waals surface area contributed by atoms with Crippen molar-refractivity contribution in [2.45, 2.75) is 6.92 Å². The highest BCUT2D eigenvalue weighted by Crippen LogP contribution is 2.28. The van der Waals surface area contributed by atoms with Crippen LogP contribution in [0, 0.1) is 6.92 Å². The molecule has 10 heteroatoms. The summed E-state index contributed by atoms with van der Waals surface area (Å²) in [7, 11) is 1.43. The average molecular weight is 500 g/mol. The van der Waals surface area contributed by atoms with E-state index < -0.39 is 17.8 Å². The van der Waals surface area contributed by atoms with Crippen molar-refractivity contribution in [3.63, 3.8) is 0 Å². The van der Waals surface area contributed by atoms with E-state index in [1.165, 1.54) is 37.6 Å². The molecule has 3 aromatic rings. The van der Waals surface area contributed by atoms with Gasteiger partial charge < -0.3 is 14.8 Å². The van der Waals surface area contributed by atoms with Crippen molar-refractivity contribution in [2.75, 3.05) is 12.4 Å². The number of methoxy groups -OCH3 is 1. The number of ether oxygens (including phenoxy) is 2. The van der Waals surface area contributed by atoms with Gasteiger partial charge in [-0.15, -0.1) is 0 Å². The summed E-state index contributed by atoms with van der Waals surface area (Å²) < 4.78 is 10.7. The Kier molecular flexibility index (Phi) is 8.24. The third kappa shape index (κ3) is 6.57. The van der Waals surface area contributed by atoms with E-state index >= 15 is 0 Å². The maximum absolute atomic E-state index is 12.4. The first kappa shape index (κ1) is 24.8. The molecule has 0 saturated heterocycles. The standard InChI is InChI=1S/C24H19Cl2N3O5/c1-14-4-3-5-16(10-14)24(32)34-20-9-6-15(11-21(20)33-2)13-27-29-23(31)22(30)28-17-7-8-18(25)19(26)12-17/h3-13H,1-2H3,(H,28,30)(H,29,31)/b27-13+. The Morgan fingerprint density at radius 1 is 0.912 bits per heavy atom. The first-order valence-corrected chi connectivity index (χ1v) is 10.6. The van der Waals surface area contributed by atoms with E-state index in [1.807, 2.05) is 13.0 Å². The van der Waals surface area contributed by atoms with Crippen LogP contribution in [0.25, 0.3) is 0 Å². The van der Waals surface area contributed by atoms with E-state index in [4.69, 9.17) is 32.7 Å². The predicted molar refractivity (Wildman–Crippen MR) is 130 cm³/mol. The zero-order valence-corrected chi connectivity index (χ0v) is 19.6. The van der Waals surface area contributed by atoms with Crippen LogP contribution in [0.4, 0.5) is 5.69 Å². The van der Waals surface area contributed by atoms with Gasteiger partial charge in [-0.2, -0.15) is 5.10 Å². The van der Waals surface area contributed by atoms with Crippen LogP contribution in [0.2, 0.25) is 10.0 Å². The molecular formula is C24H19Cl2N3O5. The lowest BCUT2D eigenvalue weighted by Gasteiger charge is -2.10. The Morgan fingerprint density at radius 2 is 1.71 bits per heavy atom. The molecule has 0 fully saturated rings. The zero-order valence-electron chi connectivity index (χ0n) is 18.1. The smallest absolute Gasteiger partial charge is 0.343 e. The van der Waals surface area contributed by atoms with Crippen molar-refractivity contribution >= 4 is 52.9 Å². The molecule has 0 aliphatic heterocycles. The van der Waals surface area contributed by atoms with Crippen LogP contribution in [0.3, 0.4) is 0 Å². The molecule has 174 valence electrons. The second kappa shape index (κ2) is 11.3. The molecular weight excluding hydrogens is 481 g/mol. The van der Waals surface area contributed by atoms with Crippen molar-refractivity contribution in [3.05, 3.63) is 87.4 Å². The largest absolute Gasteiger partial charge is 0.493 e. The summed E-state index contributed by atoms with van der Waals surface area (Å²) in [6.45, 7) is 1.88. The quantitative estimate of drug-likeness (QED) is 0.169. The molecule has 0 aliphatic rings. The molecule has 0 saturated carbocycles. The van der Waals surface area contributed by atoms with Gasteiger partial charge in [-0.25, -0.2) is 10.2 Å². The van der Waals surface area contributed by atoms with Gasteiger partial charge in [0.15, 0.2) is 11.5 Å². The summed E-state index contributed by atoms with van der Waals surface area (Å²) in [4.78, 5) is 36.4. The Bertz CT molecular complexity index is 1280. The number of benzene rings is 3. The third-order valence-electron chi connectivity index (χ3n) is 4.41. The molecule has 8 nitrogen and oxygen atoms in total. The third-order valence-corrected chi connectivity index (χ3v) is 5.15. The average Bonchev–Trinajstić information content (AvgIpc) is 2.82. The van der Waals surface area contributed by atoms with Gasteiger partial charge in [0, 0.05) is 5.69 Å². The number of rotatable bonds is 6. The number of amides is 2. The number of hydrogen-bond donors (Lipinski definition) is 2. The fourth-order valence-electron chi connectivity index (χ4n) is 2.76. The molecule has 0 spiro atoms. The molecule has 2 N–H and O–H groups in total. The second-order valence-electron chi connectivity index (χ2n) is 6.95. The van der Waals surface area contributed by atoms with Crippen LogP contribution in [0.5, 0.6) is 11.5 Å². The van der Waals surface area contributed by atoms with Crippen LogP contribution in [0.1, 0.15) is 21.5 Å². The molecule has 3 rings (SSSR count). The molecule has 0 radical (unpaired) electrons. The summed E-state index contributed by atoms with van der Waals surface area (Å²) in [5.41, 5.74) is 4.29. The number of hydrazone groups is 1. The molecule has 0 unspecified atom stereocenters. The van der Waals surface area contributed by atoms with Gasteiger partial charge in [-0.1, -0.05) is 40.9 Å². The summed E-state index contributed by atoms with van der Waals surface area (Å²) in [5.74, 6) is -1.95. The maximum Gasteiger partial charge on any atom is 0.343 e. The SMILES string of the molecule is COc1cc(/C=N/NC(=O)C(=O)Nc2ccc(Cl)c(Cl)c2)ccc1OC(=O)c1cccc(C)c1. The van der Waals surface area contributed by atoms with Crippen molar-refractivity contribution in [3.8, 4) is 11.5 Å². The van der Waals surface area contributed by atoms with Gasteiger partial charge in [-0.3, -0.25) is 9.59 Å². The van der Waals surface area contributed by atoms with Gasteiger partial charge in [0.05, 0.1) is 28.9 Å².